The first-order valence-electron chi connectivity index (χ1n) is 4.93. The number of hydrogen-bond acceptors (Lipinski definition) is 2. The maximum absolute atomic E-state index is 10.3. The lowest BCUT2D eigenvalue weighted by molar-refractivity contribution is -0.131. The summed E-state index contributed by atoms with van der Waals surface area (Å²) < 4.78 is 0. The van der Waals surface area contributed by atoms with E-state index >= 15 is 0 Å². The van der Waals surface area contributed by atoms with E-state index in [0.717, 1.165) is 12.2 Å². The van der Waals surface area contributed by atoms with Gasteiger partial charge in [0.15, 0.2) is 0 Å². The zero-order valence-electron chi connectivity index (χ0n) is 8.76. The molecule has 3 heteroatoms. The molecule has 0 aromatic heterocycles. The molecule has 0 saturated heterocycles. The van der Waals surface area contributed by atoms with Crippen molar-refractivity contribution in [3.8, 4) is 0 Å². The minimum Gasteiger partial charge on any atom is -0.478 e. The van der Waals surface area contributed by atoms with E-state index < -0.39 is 5.97 Å². The van der Waals surface area contributed by atoms with Crippen LogP contribution < -0.4 is 4.90 Å². The van der Waals surface area contributed by atoms with E-state index in [1.165, 1.54) is 6.08 Å². The van der Waals surface area contributed by atoms with Crippen LogP contribution in [0.15, 0.2) is 42.5 Å². The van der Waals surface area contributed by atoms with Gasteiger partial charge < -0.3 is 10.0 Å². The van der Waals surface area contributed by atoms with Crippen LogP contribution in [0.4, 0.5) is 5.69 Å². The molecule has 1 aromatic rings. The summed E-state index contributed by atoms with van der Waals surface area (Å²) in [4.78, 5) is 12.4. The highest BCUT2D eigenvalue weighted by Crippen LogP contribution is 2.12. The molecule has 0 atom stereocenters. The molecule has 0 amide bonds. The van der Waals surface area contributed by atoms with Gasteiger partial charge in [0.1, 0.15) is 0 Å². The van der Waals surface area contributed by atoms with Crippen LogP contribution in [-0.4, -0.2) is 24.2 Å². The van der Waals surface area contributed by atoms with Crippen LogP contribution in [0.1, 0.15) is 6.92 Å². The zero-order chi connectivity index (χ0) is 11.1. The molecule has 1 N–H and O–H groups in total. The number of benzene rings is 1. The number of hydrogen-bond donors (Lipinski definition) is 1. The zero-order valence-corrected chi connectivity index (χ0v) is 8.76. The third-order valence-electron chi connectivity index (χ3n) is 2.09. The fraction of sp³-hybridized carbons (Fsp3) is 0.250. The van der Waals surface area contributed by atoms with E-state index in [1.54, 1.807) is 6.08 Å². The predicted molar refractivity (Wildman–Crippen MR) is 61.1 cm³/mol. The summed E-state index contributed by atoms with van der Waals surface area (Å²) in [6.45, 7) is 3.52. The van der Waals surface area contributed by atoms with E-state index in [4.69, 9.17) is 5.11 Å². The van der Waals surface area contributed by atoms with Crippen molar-refractivity contribution < 1.29 is 9.90 Å². The summed E-state index contributed by atoms with van der Waals surface area (Å²) in [5.74, 6) is -0.904. The molecule has 3 nitrogen and oxygen atoms in total. The highest BCUT2D eigenvalue weighted by atomic mass is 16.4. The average Bonchev–Trinajstić information content (AvgIpc) is 2.25. The Bertz CT molecular complexity index is 333. The highest BCUT2D eigenvalue weighted by Gasteiger charge is 2.00. The van der Waals surface area contributed by atoms with E-state index in [9.17, 15) is 4.79 Å². The van der Waals surface area contributed by atoms with Crippen molar-refractivity contribution in [2.45, 2.75) is 6.92 Å². The first kappa shape index (κ1) is 11.3. The molecule has 15 heavy (non-hydrogen) atoms. The molecule has 0 heterocycles. The van der Waals surface area contributed by atoms with E-state index in [2.05, 4.69) is 4.90 Å². The summed E-state index contributed by atoms with van der Waals surface area (Å²) in [6, 6.07) is 9.93. The molecule has 0 spiro atoms. The number of carboxylic acid groups (broad SMARTS) is 1. The Balaban J connectivity index is 2.61. The minimum absolute atomic E-state index is 0.618. The first-order valence-corrected chi connectivity index (χ1v) is 4.93. The van der Waals surface area contributed by atoms with Gasteiger partial charge >= 0.3 is 5.97 Å². The monoisotopic (exact) mass is 205 g/mol. The van der Waals surface area contributed by atoms with Crippen LogP contribution in [0.2, 0.25) is 0 Å². The molecule has 0 saturated carbocycles. The van der Waals surface area contributed by atoms with Gasteiger partial charge in [0, 0.05) is 24.9 Å². The molecule has 0 aliphatic rings. The Hall–Kier alpha value is -1.77. The van der Waals surface area contributed by atoms with Crippen molar-refractivity contribution in [3.05, 3.63) is 42.5 Å². The second kappa shape index (κ2) is 5.86. The lowest BCUT2D eigenvalue weighted by Crippen LogP contribution is -2.22. The van der Waals surface area contributed by atoms with Crippen molar-refractivity contribution >= 4 is 11.7 Å². The molecule has 1 rings (SSSR count). The molecule has 0 aliphatic heterocycles. The Morgan fingerprint density at radius 2 is 2.07 bits per heavy atom. The largest absolute Gasteiger partial charge is 0.478 e. The van der Waals surface area contributed by atoms with Gasteiger partial charge in [0.05, 0.1) is 0 Å². The number of para-hydroxylation sites is 1. The first-order chi connectivity index (χ1) is 7.24. The Morgan fingerprint density at radius 1 is 1.40 bits per heavy atom. The van der Waals surface area contributed by atoms with Crippen molar-refractivity contribution in [1.82, 2.24) is 0 Å². The summed E-state index contributed by atoms with van der Waals surface area (Å²) in [7, 11) is 0. The highest BCUT2D eigenvalue weighted by molar-refractivity contribution is 5.79. The minimum atomic E-state index is -0.904. The normalized spacial score (nSPS) is 10.5. The molecule has 1 aromatic carbocycles. The smallest absolute Gasteiger partial charge is 0.328 e. The van der Waals surface area contributed by atoms with Gasteiger partial charge in [-0.05, 0) is 19.1 Å². The van der Waals surface area contributed by atoms with Crippen molar-refractivity contribution in [2.75, 3.05) is 18.0 Å². The van der Waals surface area contributed by atoms with Gasteiger partial charge in [-0.25, -0.2) is 4.79 Å². The molecule has 0 unspecified atom stereocenters. The summed E-state index contributed by atoms with van der Waals surface area (Å²) in [5, 5.41) is 8.46. The molecular formula is C12H15NO2. The number of likely N-dealkylation sites (N-methyl/N-ethyl adjacent to an activating group) is 1. The van der Waals surface area contributed by atoms with Gasteiger partial charge in [-0.1, -0.05) is 24.3 Å². The SMILES string of the molecule is CCN(C/C=C/C(=O)O)c1ccccc1. The summed E-state index contributed by atoms with van der Waals surface area (Å²) in [6.07, 6.45) is 2.82. The lowest BCUT2D eigenvalue weighted by atomic mass is 10.3. The number of rotatable bonds is 5. The van der Waals surface area contributed by atoms with Crippen LogP contribution in [0.25, 0.3) is 0 Å². The van der Waals surface area contributed by atoms with Gasteiger partial charge in [0.25, 0.3) is 0 Å². The van der Waals surface area contributed by atoms with Crippen LogP contribution in [-0.2, 0) is 4.79 Å². The quantitative estimate of drug-likeness (QED) is 0.749. The average molecular weight is 205 g/mol. The number of nitrogens with zero attached hydrogens (tertiary/aromatic N) is 1. The summed E-state index contributed by atoms with van der Waals surface area (Å²) in [5.41, 5.74) is 1.11. The Kier molecular flexibility index (Phi) is 4.41. The maximum Gasteiger partial charge on any atom is 0.328 e. The number of carboxylic acids is 1. The van der Waals surface area contributed by atoms with Crippen molar-refractivity contribution in [1.29, 1.82) is 0 Å². The van der Waals surface area contributed by atoms with Crippen LogP contribution in [0, 0.1) is 0 Å². The van der Waals surface area contributed by atoms with Gasteiger partial charge in [0.2, 0.25) is 0 Å². The maximum atomic E-state index is 10.3. The Labute approximate surface area is 89.6 Å². The van der Waals surface area contributed by atoms with Gasteiger partial charge in [-0.3, -0.25) is 0 Å². The number of carbonyl (C=O) groups is 1. The van der Waals surface area contributed by atoms with E-state index in [-0.39, 0.29) is 0 Å². The molecule has 0 bridgehead atoms. The third kappa shape index (κ3) is 3.85. The molecular weight excluding hydrogens is 190 g/mol. The molecule has 0 aliphatic carbocycles. The molecule has 80 valence electrons. The number of anilines is 1. The lowest BCUT2D eigenvalue weighted by Gasteiger charge is -2.20. The standard InChI is InChI=1S/C12H15NO2/c1-2-13(10-6-9-12(14)15)11-7-4-3-5-8-11/h3-9H,2,10H2,1H3,(H,14,15)/b9-6+. The second-order valence-electron chi connectivity index (χ2n) is 3.11. The van der Waals surface area contributed by atoms with Crippen molar-refractivity contribution in [3.63, 3.8) is 0 Å². The predicted octanol–water partition coefficient (Wildman–Crippen LogP) is 2.15. The van der Waals surface area contributed by atoms with Crippen LogP contribution in [0.3, 0.4) is 0 Å². The van der Waals surface area contributed by atoms with E-state index in [0.29, 0.717) is 6.54 Å². The Morgan fingerprint density at radius 3 is 2.60 bits per heavy atom. The summed E-state index contributed by atoms with van der Waals surface area (Å²) >= 11 is 0. The van der Waals surface area contributed by atoms with Gasteiger partial charge in [-0.15, -0.1) is 0 Å². The second-order valence-corrected chi connectivity index (χ2v) is 3.11. The fourth-order valence-electron chi connectivity index (χ4n) is 1.34. The van der Waals surface area contributed by atoms with Gasteiger partial charge in [-0.2, -0.15) is 0 Å². The topological polar surface area (TPSA) is 40.5 Å². The van der Waals surface area contributed by atoms with Crippen LogP contribution >= 0.6 is 0 Å². The van der Waals surface area contributed by atoms with E-state index in [1.807, 2.05) is 37.3 Å². The number of aliphatic carboxylic acids is 1. The molecule has 0 radical (unpaired) electrons. The fourth-order valence-corrected chi connectivity index (χ4v) is 1.34. The van der Waals surface area contributed by atoms with Crippen LogP contribution in [0.5, 0.6) is 0 Å². The third-order valence-corrected chi connectivity index (χ3v) is 2.09. The molecule has 0 fully saturated rings. The van der Waals surface area contributed by atoms with Crippen molar-refractivity contribution in [2.24, 2.45) is 0 Å².